The van der Waals surface area contributed by atoms with E-state index in [1.54, 1.807) is 5.57 Å². The highest BCUT2D eigenvalue weighted by Crippen LogP contribution is 2.84. The molecule has 0 N–H and O–H groups in total. The Kier molecular flexibility index (Phi) is 7.18. The van der Waals surface area contributed by atoms with Crippen LogP contribution in [0.2, 0.25) is 0 Å². The molecule has 6 aliphatic carbocycles. The molecule has 7 aliphatic rings. The first kappa shape index (κ1) is 33.6. The lowest BCUT2D eigenvalue weighted by Gasteiger charge is -2.45. The number of ether oxygens (including phenoxy) is 1. The number of fused-ring (bicyclic) bond motifs is 7. The van der Waals surface area contributed by atoms with Crippen LogP contribution < -0.4 is 4.90 Å². The van der Waals surface area contributed by atoms with Gasteiger partial charge in [0.05, 0.1) is 0 Å². The number of allylic oxidation sites excluding steroid dienone is 11. The van der Waals surface area contributed by atoms with E-state index in [4.69, 9.17) is 9.15 Å². The van der Waals surface area contributed by atoms with E-state index in [-0.39, 0.29) is 16.9 Å². The number of hydrogen-bond acceptors (Lipinski definition) is 3. The fourth-order valence-electron chi connectivity index (χ4n) is 12.9. The van der Waals surface area contributed by atoms with Crippen LogP contribution in [0.25, 0.3) is 33.1 Å². The third-order valence-corrected chi connectivity index (χ3v) is 15.2. The molecule has 0 radical (unpaired) electrons. The molecule has 0 amide bonds. The lowest BCUT2D eigenvalue weighted by molar-refractivity contribution is 0.155. The van der Waals surface area contributed by atoms with E-state index >= 15 is 0 Å². The fourth-order valence-corrected chi connectivity index (χ4v) is 12.9. The van der Waals surface area contributed by atoms with Gasteiger partial charge in [-0.15, -0.1) is 0 Å². The van der Waals surface area contributed by atoms with Gasteiger partial charge in [-0.1, -0.05) is 145 Å². The Morgan fingerprint density at radius 3 is 2.39 bits per heavy atom. The zero-order valence-electron chi connectivity index (χ0n) is 33.0. The van der Waals surface area contributed by atoms with Gasteiger partial charge in [-0.25, -0.2) is 0 Å². The maximum atomic E-state index is 7.06. The van der Waals surface area contributed by atoms with Crippen molar-refractivity contribution in [2.75, 3.05) is 4.90 Å². The average Bonchev–Trinajstić information content (AvgIpc) is 3.50. The summed E-state index contributed by atoms with van der Waals surface area (Å²) < 4.78 is 13.5. The first-order valence-electron chi connectivity index (χ1n) is 21.7. The zero-order chi connectivity index (χ0) is 38.7. The van der Waals surface area contributed by atoms with Crippen molar-refractivity contribution in [3.05, 3.63) is 216 Å². The molecule has 59 heavy (non-hydrogen) atoms. The van der Waals surface area contributed by atoms with Crippen molar-refractivity contribution in [3.8, 4) is 11.1 Å². The SMILES string of the molecule is C1=CC2C3C(C4=CC5=C(CC4)OC4CC(N(c6cccc(-c7ccccc7)c6)c6ccc7c(c6)oc6ccccc67)=CC=C54)(c4ccccc4)C4C=CCCC4C23C=C1. The van der Waals surface area contributed by atoms with E-state index in [2.05, 4.69) is 181 Å². The second-order valence-corrected chi connectivity index (χ2v) is 17.7. The standard InChI is InChI=1S/C56H45NO2/c1-3-14-36(15-4-1)37-16-13-19-40(32-37)57(41-26-28-44-43-20-7-10-24-50(43)58-52(44)34-41)42-27-29-45-46-33-39(25-30-51(46)59-53(45)35-42)56(38-17-5-2-6-18-38)48-22-9-8-21-47(48)55-31-12-11-23-49(55)54(55)56/h1-7,9-20,22-24,26-29,31-34,47-49,53-54H,8,21,25,30,35H2. The zero-order valence-corrected chi connectivity index (χ0v) is 33.0. The molecule has 1 aromatic heterocycles. The summed E-state index contributed by atoms with van der Waals surface area (Å²) in [5.74, 6) is 3.51. The van der Waals surface area contributed by atoms with E-state index in [1.165, 1.54) is 52.1 Å². The molecule has 3 heteroatoms. The van der Waals surface area contributed by atoms with E-state index in [1.807, 2.05) is 6.07 Å². The maximum absolute atomic E-state index is 7.06. The summed E-state index contributed by atoms with van der Waals surface area (Å²) in [6, 6.07) is 46.2. The third-order valence-electron chi connectivity index (χ3n) is 15.2. The van der Waals surface area contributed by atoms with E-state index in [0.717, 1.165) is 52.6 Å². The van der Waals surface area contributed by atoms with Gasteiger partial charge in [-0.05, 0) is 96.0 Å². The van der Waals surface area contributed by atoms with Crippen LogP contribution in [0.15, 0.2) is 215 Å². The molecule has 0 bridgehead atoms. The summed E-state index contributed by atoms with van der Waals surface area (Å²) in [5.41, 5.74) is 13.6. The van der Waals surface area contributed by atoms with E-state index in [9.17, 15) is 0 Å². The Hall–Kier alpha value is -6.32. The van der Waals surface area contributed by atoms with Gasteiger partial charge in [0, 0.05) is 68.7 Å². The molecule has 7 unspecified atom stereocenters. The first-order chi connectivity index (χ1) is 29.2. The summed E-state index contributed by atoms with van der Waals surface area (Å²) in [4.78, 5) is 2.42. The number of para-hydroxylation sites is 1. The first-order valence-corrected chi connectivity index (χ1v) is 21.7. The summed E-state index contributed by atoms with van der Waals surface area (Å²) >= 11 is 0. The van der Waals surface area contributed by atoms with Crippen molar-refractivity contribution in [1.82, 2.24) is 0 Å². The molecule has 0 saturated heterocycles. The van der Waals surface area contributed by atoms with Gasteiger partial charge in [-0.2, -0.15) is 0 Å². The Morgan fingerprint density at radius 2 is 1.47 bits per heavy atom. The number of benzene rings is 5. The molecular formula is C56H45NO2. The molecule has 2 fully saturated rings. The number of rotatable bonds is 6. The average molecular weight is 764 g/mol. The van der Waals surface area contributed by atoms with Gasteiger partial charge < -0.3 is 14.1 Å². The highest BCUT2D eigenvalue weighted by Gasteiger charge is 2.81. The lowest BCUT2D eigenvalue weighted by atomic mass is 9.58. The summed E-state index contributed by atoms with van der Waals surface area (Å²) in [5, 5.41) is 2.28. The predicted octanol–water partition coefficient (Wildman–Crippen LogP) is 13.9. The monoisotopic (exact) mass is 763 g/mol. The molecule has 6 aromatic rings. The van der Waals surface area contributed by atoms with Crippen LogP contribution in [0.4, 0.5) is 11.4 Å². The molecule has 5 aromatic carbocycles. The lowest BCUT2D eigenvalue weighted by Crippen LogP contribution is -2.41. The van der Waals surface area contributed by atoms with Crippen molar-refractivity contribution < 1.29 is 9.15 Å². The van der Waals surface area contributed by atoms with Crippen LogP contribution >= 0.6 is 0 Å². The van der Waals surface area contributed by atoms with Gasteiger partial charge >= 0.3 is 0 Å². The van der Waals surface area contributed by atoms with Crippen molar-refractivity contribution in [1.29, 1.82) is 0 Å². The van der Waals surface area contributed by atoms with Crippen molar-refractivity contribution >= 4 is 33.3 Å². The van der Waals surface area contributed by atoms with E-state index in [0.29, 0.717) is 23.7 Å². The predicted molar refractivity (Wildman–Crippen MR) is 239 cm³/mol. The minimum atomic E-state index is -0.0374. The quantitative estimate of drug-likeness (QED) is 0.158. The van der Waals surface area contributed by atoms with Crippen LogP contribution in [-0.4, -0.2) is 6.10 Å². The largest absolute Gasteiger partial charge is 0.489 e. The van der Waals surface area contributed by atoms with E-state index < -0.39 is 0 Å². The van der Waals surface area contributed by atoms with Gasteiger partial charge in [0.15, 0.2) is 0 Å². The number of hydrogen-bond donors (Lipinski definition) is 0. The Labute approximate surface area is 345 Å². The van der Waals surface area contributed by atoms with Crippen LogP contribution in [0.3, 0.4) is 0 Å². The van der Waals surface area contributed by atoms with Crippen molar-refractivity contribution in [3.63, 3.8) is 0 Å². The van der Waals surface area contributed by atoms with Gasteiger partial charge in [0.25, 0.3) is 0 Å². The topological polar surface area (TPSA) is 25.6 Å². The van der Waals surface area contributed by atoms with Gasteiger partial charge in [0.2, 0.25) is 0 Å². The van der Waals surface area contributed by atoms with Gasteiger partial charge in [0.1, 0.15) is 23.0 Å². The van der Waals surface area contributed by atoms with Crippen LogP contribution in [-0.2, 0) is 10.2 Å². The van der Waals surface area contributed by atoms with Crippen molar-refractivity contribution in [2.45, 2.75) is 43.6 Å². The van der Waals surface area contributed by atoms with Crippen LogP contribution in [0.1, 0.15) is 37.7 Å². The normalized spacial score (nSPS) is 29.5. The fraction of sp³-hybridized carbons (Fsp3) is 0.214. The Morgan fingerprint density at radius 1 is 0.661 bits per heavy atom. The molecule has 1 aliphatic heterocycles. The molecule has 7 atom stereocenters. The molecule has 3 nitrogen and oxygen atoms in total. The minimum Gasteiger partial charge on any atom is -0.489 e. The second kappa shape index (κ2) is 12.6. The van der Waals surface area contributed by atoms with Gasteiger partial charge in [-0.3, -0.25) is 0 Å². The molecule has 1 spiro atoms. The third kappa shape index (κ3) is 4.70. The Bertz CT molecular complexity index is 2940. The smallest absolute Gasteiger partial charge is 0.137 e. The van der Waals surface area contributed by atoms with Crippen LogP contribution in [0.5, 0.6) is 0 Å². The highest BCUT2D eigenvalue weighted by molar-refractivity contribution is 6.06. The highest BCUT2D eigenvalue weighted by atomic mass is 16.5. The second-order valence-electron chi connectivity index (χ2n) is 17.7. The van der Waals surface area contributed by atoms with Crippen molar-refractivity contribution in [2.24, 2.45) is 29.1 Å². The Balaban J connectivity index is 0.926. The molecule has 286 valence electrons. The summed E-state index contributed by atoms with van der Waals surface area (Å²) in [6.45, 7) is 0. The molecule has 2 heterocycles. The minimum absolute atomic E-state index is 0.0325. The summed E-state index contributed by atoms with van der Waals surface area (Å²) in [7, 11) is 0. The number of anilines is 2. The summed E-state index contributed by atoms with van der Waals surface area (Å²) in [6.07, 6.45) is 27.5. The molecule has 2 saturated carbocycles. The maximum Gasteiger partial charge on any atom is 0.137 e. The molecular weight excluding hydrogens is 719 g/mol. The van der Waals surface area contributed by atoms with Crippen LogP contribution in [0, 0.1) is 29.1 Å². The number of nitrogens with zero attached hydrogens (tertiary/aromatic N) is 1. The molecule has 13 rings (SSSR count). The number of furan rings is 1.